The molecule has 0 unspecified atom stereocenters. The molecule has 0 spiro atoms. The van der Waals surface area contributed by atoms with Crippen LogP contribution < -0.4 is 10.6 Å². The van der Waals surface area contributed by atoms with Crippen LogP contribution in [0.25, 0.3) is 0 Å². The molecule has 0 radical (unpaired) electrons. The van der Waals surface area contributed by atoms with Gasteiger partial charge < -0.3 is 10.6 Å². The summed E-state index contributed by atoms with van der Waals surface area (Å²) < 4.78 is 0. The van der Waals surface area contributed by atoms with Gasteiger partial charge in [-0.1, -0.05) is 23.7 Å². The van der Waals surface area contributed by atoms with Crippen LogP contribution in [0, 0.1) is 13.8 Å². The molecule has 3 rings (SSSR count). The number of benzene rings is 2. The Morgan fingerprint density at radius 1 is 1.04 bits per heavy atom. The summed E-state index contributed by atoms with van der Waals surface area (Å²) in [6, 6.07) is 14.7. The fourth-order valence-electron chi connectivity index (χ4n) is 2.37. The van der Waals surface area contributed by atoms with Crippen molar-refractivity contribution in [1.82, 2.24) is 9.97 Å². The fraction of sp³-hybridized carbons (Fsp3) is 0.105. The van der Waals surface area contributed by atoms with Gasteiger partial charge in [-0.2, -0.15) is 0 Å². The highest BCUT2D eigenvalue weighted by Crippen LogP contribution is 2.22. The number of hydrogen-bond acceptors (Lipinski definition) is 4. The van der Waals surface area contributed by atoms with Gasteiger partial charge in [0.25, 0.3) is 5.91 Å². The fourth-order valence-corrected chi connectivity index (χ4v) is 2.60. The van der Waals surface area contributed by atoms with Gasteiger partial charge in [-0.05, 0) is 55.3 Å². The molecule has 5 nitrogen and oxygen atoms in total. The van der Waals surface area contributed by atoms with Crippen LogP contribution in [0.1, 0.15) is 21.6 Å². The molecule has 1 amide bonds. The third-order valence-corrected chi connectivity index (χ3v) is 3.86. The number of aryl methyl sites for hydroxylation is 2. The first-order valence-electron chi connectivity index (χ1n) is 7.74. The van der Waals surface area contributed by atoms with Crippen LogP contribution >= 0.6 is 11.6 Å². The van der Waals surface area contributed by atoms with E-state index >= 15 is 0 Å². The van der Waals surface area contributed by atoms with Crippen molar-refractivity contribution < 1.29 is 4.79 Å². The largest absolute Gasteiger partial charge is 0.340 e. The monoisotopic (exact) mass is 352 g/mol. The van der Waals surface area contributed by atoms with Crippen LogP contribution in [0.15, 0.2) is 54.9 Å². The maximum atomic E-state index is 12.4. The maximum Gasteiger partial charge on any atom is 0.274 e. The van der Waals surface area contributed by atoms with Gasteiger partial charge in [0.05, 0.1) is 0 Å². The molecule has 1 aromatic heterocycles. The zero-order chi connectivity index (χ0) is 17.8. The Kier molecular flexibility index (Phi) is 4.95. The zero-order valence-corrected chi connectivity index (χ0v) is 14.6. The molecule has 0 fully saturated rings. The Morgan fingerprint density at radius 3 is 2.64 bits per heavy atom. The van der Waals surface area contributed by atoms with E-state index in [2.05, 4.69) is 20.6 Å². The number of amides is 1. The summed E-state index contributed by atoms with van der Waals surface area (Å²) in [5, 5.41) is 6.68. The highest BCUT2D eigenvalue weighted by molar-refractivity contribution is 6.30. The Bertz CT molecular complexity index is 927. The SMILES string of the molecule is Cc1cccc(NC(=O)c2cc(Nc3ccc(Cl)cc3C)ncn2)c1. The van der Waals surface area contributed by atoms with E-state index in [-0.39, 0.29) is 11.6 Å². The molecular formula is C19H17ClN4O. The average molecular weight is 353 g/mol. The Morgan fingerprint density at radius 2 is 1.88 bits per heavy atom. The number of aromatic nitrogens is 2. The second-order valence-electron chi connectivity index (χ2n) is 5.70. The van der Waals surface area contributed by atoms with Crippen molar-refractivity contribution in [3.8, 4) is 0 Å². The number of anilines is 3. The summed E-state index contributed by atoms with van der Waals surface area (Å²) >= 11 is 5.97. The Labute approximate surface area is 151 Å². The molecule has 6 heteroatoms. The lowest BCUT2D eigenvalue weighted by Crippen LogP contribution is -2.14. The maximum absolute atomic E-state index is 12.4. The van der Waals surface area contributed by atoms with Crippen molar-refractivity contribution in [3.05, 3.63) is 76.7 Å². The molecule has 0 bridgehead atoms. The first-order valence-corrected chi connectivity index (χ1v) is 8.12. The molecule has 2 N–H and O–H groups in total. The first kappa shape index (κ1) is 16.9. The summed E-state index contributed by atoms with van der Waals surface area (Å²) in [7, 11) is 0. The molecule has 0 aliphatic rings. The van der Waals surface area contributed by atoms with Crippen molar-refractivity contribution >= 4 is 34.7 Å². The summed E-state index contributed by atoms with van der Waals surface area (Å²) in [5.41, 5.74) is 3.93. The van der Waals surface area contributed by atoms with E-state index in [1.54, 1.807) is 12.1 Å². The molecule has 0 atom stereocenters. The summed E-state index contributed by atoms with van der Waals surface area (Å²) in [4.78, 5) is 20.6. The smallest absolute Gasteiger partial charge is 0.274 e. The van der Waals surface area contributed by atoms with Crippen LogP contribution in [0.5, 0.6) is 0 Å². The van der Waals surface area contributed by atoms with Crippen LogP contribution in [0.4, 0.5) is 17.2 Å². The third-order valence-electron chi connectivity index (χ3n) is 3.63. The average Bonchev–Trinajstić information content (AvgIpc) is 2.58. The van der Waals surface area contributed by atoms with E-state index in [1.807, 2.05) is 50.2 Å². The van der Waals surface area contributed by atoms with Crippen LogP contribution in [-0.2, 0) is 0 Å². The lowest BCUT2D eigenvalue weighted by molar-refractivity contribution is 0.102. The minimum atomic E-state index is -0.288. The van der Waals surface area contributed by atoms with Crippen LogP contribution in [-0.4, -0.2) is 15.9 Å². The quantitative estimate of drug-likeness (QED) is 0.711. The van der Waals surface area contributed by atoms with Crippen molar-refractivity contribution in [3.63, 3.8) is 0 Å². The van der Waals surface area contributed by atoms with Gasteiger partial charge in [-0.15, -0.1) is 0 Å². The summed E-state index contributed by atoms with van der Waals surface area (Å²) in [5.74, 6) is 0.249. The molecule has 0 saturated heterocycles. The molecule has 0 aliphatic carbocycles. The number of nitrogens with zero attached hydrogens (tertiary/aromatic N) is 2. The molecule has 0 saturated carbocycles. The molecule has 0 aliphatic heterocycles. The van der Waals surface area contributed by atoms with Crippen molar-refractivity contribution in [2.75, 3.05) is 10.6 Å². The number of hydrogen-bond donors (Lipinski definition) is 2. The number of carbonyl (C=O) groups excluding carboxylic acids is 1. The summed E-state index contributed by atoms with van der Waals surface area (Å²) in [6.07, 6.45) is 1.36. The highest BCUT2D eigenvalue weighted by atomic mass is 35.5. The molecular weight excluding hydrogens is 336 g/mol. The second kappa shape index (κ2) is 7.32. The molecule has 3 aromatic rings. The van der Waals surface area contributed by atoms with Crippen molar-refractivity contribution in [1.29, 1.82) is 0 Å². The second-order valence-corrected chi connectivity index (χ2v) is 6.13. The standard InChI is InChI=1S/C19H17ClN4O/c1-12-4-3-5-15(8-12)23-19(25)17-10-18(22-11-21-17)24-16-7-6-14(20)9-13(16)2/h3-11H,1-2H3,(H,23,25)(H,21,22,24). The zero-order valence-electron chi connectivity index (χ0n) is 13.9. The van der Waals surface area contributed by atoms with E-state index in [0.717, 1.165) is 22.5 Å². The first-order chi connectivity index (χ1) is 12.0. The van der Waals surface area contributed by atoms with Gasteiger partial charge in [0.1, 0.15) is 17.8 Å². The summed E-state index contributed by atoms with van der Waals surface area (Å²) in [6.45, 7) is 3.91. The van der Waals surface area contributed by atoms with E-state index < -0.39 is 0 Å². The van der Waals surface area contributed by atoms with Gasteiger partial charge in [0, 0.05) is 22.5 Å². The topological polar surface area (TPSA) is 66.9 Å². The van der Waals surface area contributed by atoms with Gasteiger partial charge >= 0.3 is 0 Å². The number of halogens is 1. The van der Waals surface area contributed by atoms with E-state index in [9.17, 15) is 4.79 Å². The molecule has 2 aromatic carbocycles. The predicted octanol–water partition coefficient (Wildman–Crippen LogP) is 4.74. The number of carbonyl (C=O) groups is 1. The third kappa shape index (κ3) is 4.33. The molecule has 25 heavy (non-hydrogen) atoms. The lowest BCUT2D eigenvalue weighted by atomic mass is 10.2. The molecule has 126 valence electrons. The number of rotatable bonds is 4. The lowest BCUT2D eigenvalue weighted by Gasteiger charge is -2.10. The molecule has 1 heterocycles. The Hall–Kier alpha value is -2.92. The van der Waals surface area contributed by atoms with E-state index in [0.29, 0.717) is 10.8 Å². The van der Waals surface area contributed by atoms with Crippen molar-refractivity contribution in [2.45, 2.75) is 13.8 Å². The number of nitrogens with one attached hydrogen (secondary N) is 2. The highest BCUT2D eigenvalue weighted by Gasteiger charge is 2.10. The Balaban J connectivity index is 1.77. The van der Waals surface area contributed by atoms with Gasteiger partial charge in [0.15, 0.2) is 0 Å². The van der Waals surface area contributed by atoms with E-state index in [4.69, 9.17) is 11.6 Å². The van der Waals surface area contributed by atoms with Crippen LogP contribution in [0.2, 0.25) is 5.02 Å². The van der Waals surface area contributed by atoms with Gasteiger partial charge in [-0.25, -0.2) is 9.97 Å². The predicted molar refractivity (Wildman–Crippen MR) is 101 cm³/mol. The van der Waals surface area contributed by atoms with Crippen molar-refractivity contribution in [2.24, 2.45) is 0 Å². The van der Waals surface area contributed by atoms with Crippen LogP contribution in [0.3, 0.4) is 0 Å². The van der Waals surface area contributed by atoms with E-state index in [1.165, 1.54) is 6.33 Å². The minimum Gasteiger partial charge on any atom is -0.340 e. The minimum absolute atomic E-state index is 0.283. The normalized spacial score (nSPS) is 10.4. The van der Waals surface area contributed by atoms with Gasteiger partial charge in [0.2, 0.25) is 0 Å². The van der Waals surface area contributed by atoms with Gasteiger partial charge in [-0.3, -0.25) is 4.79 Å².